The van der Waals surface area contributed by atoms with Gasteiger partial charge in [-0.15, -0.1) is 0 Å². The lowest BCUT2D eigenvalue weighted by atomic mass is 10.2. The number of carbonyl (C=O) groups excluding carboxylic acids is 1. The van der Waals surface area contributed by atoms with Gasteiger partial charge in [0.25, 0.3) is 0 Å². The molecule has 0 N–H and O–H groups in total. The largest absolute Gasteiger partial charge is 0.378 e. The normalized spacial score (nSPS) is 17.9. The predicted octanol–water partition coefficient (Wildman–Crippen LogP) is 1.69. The lowest BCUT2D eigenvalue weighted by Crippen LogP contribution is -2.36. The van der Waals surface area contributed by atoms with Gasteiger partial charge >= 0.3 is 0 Å². The zero-order chi connectivity index (χ0) is 12.3. The van der Waals surface area contributed by atoms with Gasteiger partial charge < -0.3 is 14.4 Å². The average Bonchev–Trinajstić information content (AvgIpc) is 2.39. The van der Waals surface area contributed by atoms with Gasteiger partial charge in [-0.2, -0.15) is 0 Å². The molecule has 0 unspecified atom stereocenters. The molecule has 2 heterocycles. The van der Waals surface area contributed by atoms with Gasteiger partial charge in [0.15, 0.2) is 0 Å². The number of pyridine rings is 1. The standard InChI is InChI=1S/C11H12BrFN2O2/c12-9(7-16)11-10(13)5-8(6-14-11)15-1-3-17-4-2-15/h5-7,9H,1-4H2/t9-/m1/s1. The van der Waals surface area contributed by atoms with Crippen LogP contribution in [0.4, 0.5) is 10.1 Å². The van der Waals surface area contributed by atoms with Crippen molar-refractivity contribution < 1.29 is 13.9 Å². The van der Waals surface area contributed by atoms with Gasteiger partial charge in [0.2, 0.25) is 0 Å². The van der Waals surface area contributed by atoms with E-state index in [2.05, 4.69) is 20.9 Å². The molecule has 1 aromatic heterocycles. The number of hydrogen-bond acceptors (Lipinski definition) is 4. The molecule has 1 atom stereocenters. The highest BCUT2D eigenvalue weighted by atomic mass is 79.9. The van der Waals surface area contributed by atoms with Crippen molar-refractivity contribution >= 4 is 27.9 Å². The third-order valence-electron chi connectivity index (χ3n) is 2.61. The maximum atomic E-state index is 13.7. The van der Waals surface area contributed by atoms with E-state index < -0.39 is 10.6 Å². The van der Waals surface area contributed by atoms with Gasteiger partial charge in [-0.05, 0) is 0 Å². The molecule has 1 saturated heterocycles. The van der Waals surface area contributed by atoms with Crippen LogP contribution in [0, 0.1) is 5.82 Å². The average molecular weight is 303 g/mol. The number of alkyl halides is 1. The van der Waals surface area contributed by atoms with E-state index in [1.807, 2.05) is 4.90 Å². The van der Waals surface area contributed by atoms with Crippen molar-refractivity contribution in [1.29, 1.82) is 0 Å². The Hall–Kier alpha value is -1.01. The van der Waals surface area contributed by atoms with Crippen molar-refractivity contribution in [2.45, 2.75) is 4.83 Å². The number of aldehydes is 1. The van der Waals surface area contributed by atoms with E-state index in [4.69, 9.17) is 4.74 Å². The molecule has 17 heavy (non-hydrogen) atoms. The zero-order valence-electron chi connectivity index (χ0n) is 9.10. The molecule has 0 radical (unpaired) electrons. The summed E-state index contributed by atoms with van der Waals surface area (Å²) in [4.78, 5) is 15.9. The van der Waals surface area contributed by atoms with E-state index in [9.17, 15) is 9.18 Å². The molecule has 1 aromatic rings. The van der Waals surface area contributed by atoms with Crippen molar-refractivity contribution in [3.05, 3.63) is 23.8 Å². The van der Waals surface area contributed by atoms with Crippen molar-refractivity contribution in [3.8, 4) is 0 Å². The minimum atomic E-state index is -0.693. The number of carbonyl (C=O) groups is 1. The lowest BCUT2D eigenvalue weighted by Gasteiger charge is -2.28. The molecule has 0 bridgehead atoms. The highest BCUT2D eigenvalue weighted by molar-refractivity contribution is 9.09. The van der Waals surface area contributed by atoms with Crippen LogP contribution in [0.3, 0.4) is 0 Å². The monoisotopic (exact) mass is 302 g/mol. The number of nitrogens with zero attached hydrogens (tertiary/aromatic N) is 2. The van der Waals surface area contributed by atoms with Crippen LogP contribution in [0.1, 0.15) is 10.5 Å². The van der Waals surface area contributed by atoms with Crippen molar-refractivity contribution in [1.82, 2.24) is 4.98 Å². The number of hydrogen-bond donors (Lipinski definition) is 0. The van der Waals surface area contributed by atoms with E-state index in [-0.39, 0.29) is 5.69 Å². The fourth-order valence-electron chi connectivity index (χ4n) is 1.70. The summed E-state index contributed by atoms with van der Waals surface area (Å²) in [6.07, 6.45) is 2.20. The Morgan fingerprint density at radius 1 is 1.53 bits per heavy atom. The number of morpholine rings is 1. The molecule has 1 aliphatic heterocycles. The number of rotatable bonds is 3. The first-order valence-corrected chi connectivity index (χ1v) is 6.21. The third-order valence-corrected chi connectivity index (χ3v) is 3.26. The fourth-order valence-corrected chi connectivity index (χ4v) is 2.04. The van der Waals surface area contributed by atoms with E-state index in [0.29, 0.717) is 19.5 Å². The summed E-state index contributed by atoms with van der Waals surface area (Å²) in [7, 11) is 0. The van der Waals surface area contributed by atoms with Crippen molar-refractivity contribution in [3.63, 3.8) is 0 Å². The molecule has 0 saturated carbocycles. The van der Waals surface area contributed by atoms with Crippen LogP contribution in [0.25, 0.3) is 0 Å². The third kappa shape index (κ3) is 2.81. The molecule has 2 rings (SSSR count). The number of aromatic nitrogens is 1. The molecule has 6 heteroatoms. The Kier molecular flexibility index (Phi) is 4.06. The topological polar surface area (TPSA) is 42.4 Å². The van der Waals surface area contributed by atoms with Crippen molar-refractivity contribution in [2.24, 2.45) is 0 Å². The summed E-state index contributed by atoms with van der Waals surface area (Å²) >= 11 is 3.05. The van der Waals surface area contributed by atoms with Crippen LogP contribution in [-0.2, 0) is 9.53 Å². The minimum Gasteiger partial charge on any atom is -0.378 e. The van der Waals surface area contributed by atoms with Crippen LogP contribution >= 0.6 is 15.9 Å². The fraction of sp³-hybridized carbons (Fsp3) is 0.455. The Morgan fingerprint density at radius 2 is 2.24 bits per heavy atom. The molecule has 0 spiro atoms. The van der Waals surface area contributed by atoms with E-state index in [0.717, 1.165) is 18.8 Å². The van der Waals surface area contributed by atoms with Gasteiger partial charge in [-0.25, -0.2) is 4.39 Å². The maximum absolute atomic E-state index is 13.7. The summed E-state index contributed by atoms with van der Waals surface area (Å²) in [6, 6.07) is 1.41. The highest BCUT2D eigenvalue weighted by Gasteiger charge is 2.17. The van der Waals surface area contributed by atoms with Crippen LogP contribution in [0.15, 0.2) is 12.3 Å². The van der Waals surface area contributed by atoms with E-state index in [1.54, 1.807) is 6.20 Å². The number of halogens is 2. The second kappa shape index (κ2) is 5.55. The van der Waals surface area contributed by atoms with E-state index in [1.165, 1.54) is 6.07 Å². The Labute approximate surface area is 107 Å². The first kappa shape index (κ1) is 12.4. The molecule has 1 fully saturated rings. The lowest BCUT2D eigenvalue weighted by molar-refractivity contribution is -0.107. The van der Waals surface area contributed by atoms with Crippen LogP contribution in [-0.4, -0.2) is 37.6 Å². The maximum Gasteiger partial charge on any atom is 0.148 e. The molecule has 92 valence electrons. The zero-order valence-corrected chi connectivity index (χ0v) is 10.7. The SMILES string of the molecule is O=C[C@@H](Br)c1ncc(N2CCOCC2)cc1F. The molecular weight excluding hydrogens is 291 g/mol. The van der Waals surface area contributed by atoms with Crippen LogP contribution < -0.4 is 4.90 Å². The van der Waals surface area contributed by atoms with Gasteiger partial charge in [0, 0.05) is 19.2 Å². The number of ether oxygens (including phenoxy) is 1. The quantitative estimate of drug-likeness (QED) is 0.629. The summed E-state index contributed by atoms with van der Waals surface area (Å²) in [5.41, 5.74) is 0.845. The van der Waals surface area contributed by atoms with Gasteiger partial charge in [0.1, 0.15) is 16.9 Å². The Bertz CT molecular complexity index is 410. The Morgan fingerprint density at radius 3 is 2.82 bits per heavy atom. The molecule has 0 amide bonds. The van der Waals surface area contributed by atoms with E-state index >= 15 is 0 Å². The minimum absolute atomic E-state index is 0.122. The predicted molar refractivity (Wildman–Crippen MR) is 65.0 cm³/mol. The first-order chi connectivity index (χ1) is 8.22. The summed E-state index contributed by atoms with van der Waals surface area (Å²) in [5.74, 6) is -0.469. The van der Waals surface area contributed by atoms with Gasteiger partial charge in [-0.3, -0.25) is 4.98 Å². The Balaban J connectivity index is 2.20. The van der Waals surface area contributed by atoms with Gasteiger partial charge in [-0.1, -0.05) is 15.9 Å². The van der Waals surface area contributed by atoms with Crippen molar-refractivity contribution in [2.75, 3.05) is 31.2 Å². The second-order valence-electron chi connectivity index (χ2n) is 3.70. The molecule has 4 nitrogen and oxygen atoms in total. The first-order valence-electron chi connectivity index (χ1n) is 5.30. The van der Waals surface area contributed by atoms with Gasteiger partial charge in [0.05, 0.1) is 30.8 Å². The molecule has 0 aromatic carbocycles. The summed E-state index contributed by atoms with van der Waals surface area (Å²) in [6.45, 7) is 2.73. The highest BCUT2D eigenvalue weighted by Crippen LogP contribution is 2.24. The van der Waals surface area contributed by atoms with Crippen LogP contribution in [0.2, 0.25) is 0 Å². The molecule has 1 aliphatic rings. The van der Waals surface area contributed by atoms with Crippen LogP contribution in [0.5, 0.6) is 0 Å². The summed E-state index contributed by atoms with van der Waals surface area (Å²) in [5, 5.41) is 0. The molecular formula is C11H12BrFN2O2. The number of anilines is 1. The summed E-state index contributed by atoms with van der Waals surface area (Å²) < 4.78 is 19.0. The smallest absolute Gasteiger partial charge is 0.148 e. The second-order valence-corrected chi connectivity index (χ2v) is 4.68. The molecule has 0 aliphatic carbocycles.